The van der Waals surface area contributed by atoms with Crippen LogP contribution in [-0.4, -0.2) is 33.4 Å². The highest BCUT2D eigenvalue weighted by molar-refractivity contribution is 4.86. The molecular formula is C10H18N4O. The third kappa shape index (κ3) is 3.00. The standard InChI is InChI=1S/C10H18N4O/c1-10(2)5-8(3-4-15-10)11-6-9-12-7-13-14-9/h7-8,11H,3-6H2,1-2H3,(H,12,13,14). The van der Waals surface area contributed by atoms with Crippen LogP contribution in [0.1, 0.15) is 32.5 Å². The maximum absolute atomic E-state index is 5.66. The van der Waals surface area contributed by atoms with Gasteiger partial charge in [-0.25, -0.2) is 4.98 Å². The van der Waals surface area contributed by atoms with Gasteiger partial charge in [0.2, 0.25) is 0 Å². The maximum Gasteiger partial charge on any atom is 0.138 e. The van der Waals surface area contributed by atoms with Crippen LogP contribution in [0.2, 0.25) is 0 Å². The summed E-state index contributed by atoms with van der Waals surface area (Å²) in [5.74, 6) is 0.888. The highest BCUT2D eigenvalue weighted by Crippen LogP contribution is 2.23. The van der Waals surface area contributed by atoms with Crippen LogP contribution < -0.4 is 5.32 Å². The molecule has 2 heterocycles. The van der Waals surface area contributed by atoms with Crippen molar-refractivity contribution in [3.8, 4) is 0 Å². The van der Waals surface area contributed by atoms with Crippen molar-refractivity contribution in [2.24, 2.45) is 0 Å². The highest BCUT2D eigenvalue weighted by Gasteiger charge is 2.28. The SMILES string of the molecule is CC1(C)CC(NCc2ncn[nH]2)CCO1. The molecule has 2 N–H and O–H groups in total. The lowest BCUT2D eigenvalue weighted by Gasteiger charge is -2.35. The molecule has 84 valence electrons. The Hall–Kier alpha value is -0.940. The van der Waals surface area contributed by atoms with Crippen molar-refractivity contribution < 1.29 is 4.74 Å². The van der Waals surface area contributed by atoms with Crippen molar-refractivity contribution in [2.45, 2.75) is 44.9 Å². The summed E-state index contributed by atoms with van der Waals surface area (Å²) in [5.41, 5.74) is -0.00265. The molecule has 0 bridgehead atoms. The predicted molar refractivity (Wildman–Crippen MR) is 56.3 cm³/mol. The van der Waals surface area contributed by atoms with Gasteiger partial charge in [0.15, 0.2) is 0 Å². The first-order chi connectivity index (χ1) is 7.16. The molecule has 5 nitrogen and oxygen atoms in total. The zero-order valence-electron chi connectivity index (χ0n) is 9.29. The topological polar surface area (TPSA) is 62.8 Å². The molecule has 0 amide bonds. The quantitative estimate of drug-likeness (QED) is 0.776. The minimum atomic E-state index is -0.00265. The van der Waals surface area contributed by atoms with Gasteiger partial charge in [-0.05, 0) is 26.7 Å². The molecule has 2 rings (SSSR count). The molecule has 0 saturated carbocycles. The van der Waals surface area contributed by atoms with E-state index in [0.29, 0.717) is 6.04 Å². The van der Waals surface area contributed by atoms with E-state index in [0.717, 1.165) is 31.8 Å². The van der Waals surface area contributed by atoms with Gasteiger partial charge >= 0.3 is 0 Å². The number of ether oxygens (including phenoxy) is 1. The number of nitrogens with one attached hydrogen (secondary N) is 2. The molecule has 1 atom stereocenters. The number of rotatable bonds is 3. The van der Waals surface area contributed by atoms with E-state index in [1.165, 1.54) is 6.33 Å². The van der Waals surface area contributed by atoms with E-state index in [4.69, 9.17) is 4.74 Å². The number of aromatic nitrogens is 3. The van der Waals surface area contributed by atoms with E-state index < -0.39 is 0 Å². The summed E-state index contributed by atoms with van der Waals surface area (Å²) in [6.45, 7) is 5.85. The molecule has 1 unspecified atom stereocenters. The van der Waals surface area contributed by atoms with E-state index >= 15 is 0 Å². The number of H-pyrrole nitrogens is 1. The lowest BCUT2D eigenvalue weighted by molar-refractivity contribution is -0.0631. The van der Waals surface area contributed by atoms with E-state index in [1.54, 1.807) is 0 Å². The fraction of sp³-hybridized carbons (Fsp3) is 0.800. The Morgan fingerprint density at radius 2 is 2.53 bits per heavy atom. The Bertz CT molecular complexity index is 296. The Morgan fingerprint density at radius 1 is 1.67 bits per heavy atom. The second-order valence-corrected chi connectivity index (χ2v) is 4.61. The lowest BCUT2D eigenvalue weighted by atomic mass is 9.94. The smallest absolute Gasteiger partial charge is 0.138 e. The van der Waals surface area contributed by atoms with Gasteiger partial charge in [-0.3, -0.25) is 5.10 Å². The van der Waals surface area contributed by atoms with Crippen molar-refractivity contribution >= 4 is 0 Å². The van der Waals surface area contributed by atoms with Gasteiger partial charge in [-0.1, -0.05) is 0 Å². The summed E-state index contributed by atoms with van der Waals surface area (Å²) >= 11 is 0. The minimum absolute atomic E-state index is 0.00265. The second kappa shape index (κ2) is 4.28. The molecule has 0 radical (unpaired) electrons. The Morgan fingerprint density at radius 3 is 3.20 bits per heavy atom. The molecule has 1 fully saturated rings. The fourth-order valence-electron chi connectivity index (χ4n) is 1.96. The summed E-state index contributed by atoms with van der Waals surface area (Å²) in [5, 5.41) is 10.1. The average molecular weight is 210 g/mol. The van der Waals surface area contributed by atoms with E-state index in [1.807, 2.05) is 0 Å². The molecule has 0 spiro atoms. The van der Waals surface area contributed by atoms with E-state index in [2.05, 4.69) is 34.3 Å². The van der Waals surface area contributed by atoms with Crippen molar-refractivity contribution in [1.82, 2.24) is 20.5 Å². The predicted octanol–water partition coefficient (Wildman–Crippen LogP) is 0.852. The molecule has 1 aromatic rings. The van der Waals surface area contributed by atoms with Crippen LogP contribution in [0.5, 0.6) is 0 Å². The zero-order valence-corrected chi connectivity index (χ0v) is 9.29. The van der Waals surface area contributed by atoms with E-state index in [9.17, 15) is 0 Å². The highest BCUT2D eigenvalue weighted by atomic mass is 16.5. The second-order valence-electron chi connectivity index (χ2n) is 4.61. The largest absolute Gasteiger partial charge is 0.375 e. The third-order valence-electron chi connectivity index (χ3n) is 2.72. The Kier molecular flexibility index (Phi) is 3.02. The molecule has 0 aromatic carbocycles. The van der Waals surface area contributed by atoms with Crippen LogP contribution in [0.15, 0.2) is 6.33 Å². The zero-order chi connectivity index (χ0) is 10.7. The molecular weight excluding hydrogens is 192 g/mol. The number of nitrogens with zero attached hydrogens (tertiary/aromatic N) is 2. The first kappa shape index (κ1) is 10.6. The van der Waals surface area contributed by atoms with Crippen LogP contribution in [0.25, 0.3) is 0 Å². The van der Waals surface area contributed by atoms with Crippen LogP contribution in [0.4, 0.5) is 0 Å². The average Bonchev–Trinajstić information content (AvgIpc) is 2.65. The van der Waals surface area contributed by atoms with Gasteiger partial charge in [-0.2, -0.15) is 5.10 Å². The van der Waals surface area contributed by atoms with E-state index in [-0.39, 0.29) is 5.60 Å². The van der Waals surface area contributed by atoms with Gasteiger partial charge in [0.25, 0.3) is 0 Å². The van der Waals surface area contributed by atoms with Crippen LogP contribution >= 0.6 is 0 Å². The van der Waals surface area contributed by atoms with Crippen LogP contribution in [0.3, 0.4) is 0 Å². The van der Waals surface area contributed by atoms with Gasteiger partial charge in [-0.15, -0.1) is 0 Å². The Balaban J connectivity index is 1.80. The fourth-order valence-corrected chi connectivity index (χ4v) is 1.96. The molecule has 1 aliphatic rings. The third-order valence-corrected chi connectivity index (χ3v) is 2.72. The van der Waals surface area contributed by atoms with Crippen LogP contribution in [0, 0.1) is 0 Å². The number of hydrogen-bond donors (Lipinski definition) is 2. The van der Waals surface area contributed by atoms with Crippen molar-refractivity contribution in [2.75, 3.05) is 6.61 Å². The van der Waals surface area contributed by atoms with Gasteiger partial charge in [0.1, 0.15) is 12.2 Å². The molecule has 1 aromatic heterocycles. The van der Waals surface area contributed by atoms with Gasteiger partial charge < -0.3 is 10.1 Å². The first-order valence-electron chi connectivity index (χ1n) is 5.37. The monoisotopic (exact) mass is 210 g/mol. The number of aromatic amines is 1. The van der Waals surface area contributed by atoms with Crippen molar-refractivity contribution in [3.05, 3.63) is 12.2 Å². The summed E-state index contributed by atoms with van der Waals surface area (Å²) in [7, 11) is 0. The van der Waals surface area contributed by atoms with Crippen molar-refractivity contribution in [1.29, 1.82) is 0 Å². The molecule has 5 heteroatoms. The molecule has 15 heavy (non-hydrogen) atoms. The van der Waals surface area contributed by atoms with Crippen LogP contribution in [-0.2, 0) is 11.3 Å². The lowest BCUT2D eigenvalue weighted by Crippen LogP contribution is -2.43. The molecule has 1 aliphatic heterocycles. The summed E-state index contributed by atoms with van der Waals surface area (Å²) in [6, 6.07) is 0.513. The summed E-state index contributed by atoms with van der Waals surface area (Å²) in [6.07, 6.45) is 3.64. The molecule has 0 aliphatic carbocycles. The normalized spacial score (nSPS) is 25.3. The van der Waals surface area contributed by atoms with Gasteiger partial charge in [0.05, 0.1) is 12.1 Å². The summed E-state index contributed by atoms with van der Waals surface area (Å²) in [4.78, 5) is 4.08. The Labute approximate surface area is 89.6 Å². The van der Waals surface area contributed by atoms with Crippen molar-refractivity contribution in [3.63, 3.8) is 0 Å². The minimum Gasteiger partial charge on any atom is -0.375 e. The van der Waals surface area contributed by atoms with Gasteiger partial charge in [0, 0.05) is 12.6 Å². The number of hydrogen-bond acceptors (Lipinski definition) is 4. The molecule has 1 saturated heterocycles. The maximum atomic E-state index is 5.66. The summed E-state index contributed by atoms with van der Waals surface area (Å²) < 4.78 is 5.66. The first-order valence-corrected chi connectivity index (χ1v) is 5.37.